The summed E-state index contributed by atoms with van der Waals surface area (Å²) in [7, 11) is 0. The van der Waals surface area contributed by atoms with Crippen molar-refractivity contribution < 1.29 is 38.1 Å². The Bertz CT molecular complexity index is 780. The van der Waals surface area contributed by atoms with Crippen molar-refractivity contribution in [3.05, 3.63) is 17.5 Å². The van der Waals surface area contributed by atoms with Gasteiger partial charge in [0.15, 0.2) is 18.4 Å². The number of amides is 1. The average Bonchev–Trinajstić information content (AvgIpc) is 3.15. The van der Waals surface area contributed by atoms with E-state index in [2.05, 4.69) is 5.10 Å². The first-order valence-electron chi connectivity index (χ1n) is 8.21. The number of nitrogens with zero attached hydrogens (tertiary/aromatic N) is 2. The molecule has 1 saturated heterocycles. The second-order valence-electron chi connectivity index (χ2n) is 5.98. The van der Waals surface area contributed by atoms with E-state index in [4.69, 9.17) is 36.3 Å². The summed E-state index contributed by atoms with van der Waals surface area (Å²) in [6.45, 7) is 3.23. The van der Waals surface area contributed by atoms with Gasteiger partial charge in [0.2, 0.25) is 0 Å². The number of aromatic nitrogens is 2. The molecule has 1 aromatic rings. The first kappa shape index (κ1) is 21.6. The molecule has 12 heteroatoms. The first-order chi connectivity index (χ1) is 13.1. The molecule has 1 amide bonds. The van der Waals surface area contributed by atoms with E-state index in [9.17, 15) is 19.2 Å². The predicted molar refractivity (Wildman–Crippen MR) is 92.0 cm³/mol. The third-order valence-electron chi connectivity index (χ3n) is 3.76. The Morgan fingerprint density at radius 2 is 1.75 bits per heavy atom. The smallest absolute Gasteiger partial charge is 0.303 e. The Morgan fingerprint density at radius 3 is 2.25 bits per heavy atom. The zero-order chi connectivity index (χ0) is 21.0. The maximum Gasteiger partial charge on any atom is 0.303 e. The summed E-state index contributed by atoms with van der Waals surface area (Å²) >= 11 is 5.77. The molecule has 1 aliphatic rings. The summed E-state index contributed by atoms with van der Waals surface area (Å²) in [5, 5.41) is 4.15. The van der Waals surface area contributed by atoms with Gasteiger partial charge in [0.05, 0.1) is 11.6 Å². The van der Waals surface area contributed by atoms with Crippen LogP contribution in [0.25, 0.3) is 0 Å². The van der Waals surface area contributed by atoms with Gasteiger partial charge in [-0.15, -0.1) is 11.6 Å². The third kappa shape index (κ3) is 4.98. The number of ether oxygens (including phenoxy) is 4. The number of esters is 3. The lowest BCUT2D eigenvalue weighted by molar-refractivity contribution is -0.166. The quantitative estimate of drug-likeness (QED) is 0.368. The number of primary amides is 1. The van der Waals surface area contributed by atoms with Gasteiger partial charge in [-0.2, -0.15) is 5.10 Å². The molecule has 1 fully saturated rings. The minimum atomic E-state index is -1.18. The molecule has 2 heterocycles. The average molecular weight is 418 g/mol. The zero-order valence-electron chi connectivity index (χ0n) is 15.4. The van der Waals surface area contributed by atoms with Gasteiger partial charge >= 0.3 is 17.9 Å². The van der Waals surface area contributed by atoms with Gasteiger partial charge in [-0.25, -0.2) is 4.68 Å². The number of halogens is 1. The molecule has 4 atom stereocenters. The number of alkyl halides is 1. The minimum Gasteiger partial charge on any atom is -0.463 e. The molecular formula is C16H20ClN3O8. The predicted octanol–water partition coefficient (Wildman–Crippen LogP) is 0.0447. The van der Waals surface area contributed by atoms with Gasteiger partial charge < -0.3 is 24.7 Å². The summed E-state index contributed by atoms with van der Waals surface area (Å²) in [4.78, 5) is 46.1. The van der Waals surface area contributed by atoms with E-state index in [1.165, 1.54) is 13.0 Å². The molecule has 0 aliphatic carbocycles. The summed E-state index contributed by atoms with van der Waals surface area (Å²) in [5.41, 5.74) is 5.66. The molecule has 0 bridgehead atoms. The number of hydrogen-bond donors (Lipinski definition) is 1. The molecule has 0 radical (unpaired) electrons. The van der Waals surface area contributed by atoms with Gasteiger partial charge in [0, 0.05) is 20.8 Å². The zero-order valence-corrected chi connectivity index (χ0v) is 16.2. The summed E-state index contributed by atoms with van der Waals surface area (Å²) < 4.78 is 22.4. The maximum atomic E-state index is 11.8. The second-order valence-corrected chi connectivity index (χ2v) is 6.25. The highest BCUT2D eigenvalue weighted by Gasteiger charge is 2.51. The number of carbonyl (C=O) groups excluding carboxylic acids is 4. The fourth-order valence-electron chi connectivity index (χ4n) is 2.78. The number of carbonyl (C=O) groups is 4. The van der Waals surface area contributed by atoms with Gasteiger partial charge in [-0.05, 0) is 6.07 Å². The Kier molecular flexibility index (Phi) is 6.97. The minimum absolute atomic E-state index is 0.0114. The molecule has 154 valence electrons. The lowest BCUT2D eigenvalue weighted by Gasteiger charge is -2.23. The number of hydrogen-bond acceptors (Lipinski definition) is 9. The van der Waals surface area contributed by atoms with Gasteiger partial charge in [0.25, 0.3) is 5.91 Å². The van der Waals surface area contributed by atoms with Crippen molar-refractivity contribution in [2.45, 2.75) is 51.2 Å². The number of nitrogens with two attached hydrogens (primary N) is 1. The van der Waals surface area contributed by atoms with Crippen molar-refractivity contribution in [3.63, 3.8) is 0 Å². The van der Waals surface area contributed by atoms with Crippen LogP contribution in [0, 0.1) is 0 Å². The highest BCUT2D eigenvalue weighted by molar-refractivity contribution is 6.17. The molecule has 28 heavy (non-hydrogen) atoms. The Labute approximate surface area is 165 Å². The summed E-state index contributed by atoms with van der Waals surface area (Å²) in [5.74, 6) is -2.77. The van der Waals surface area contributed by atoms with E-state index in [1.807, 2.05) is 0 Å². The van der Waals surface area contributed by atoms with Crippen molar-refractivity contribution in [1.29, 1.82) is 0 Å². The standard InChI is InChI=1S/C16H20ClN3O8/c1-7(21)25-6-12-13(26-8(2)22)14(27-9(3)23)16(28-12)20-11(15(18)24)4-10(5-17)19-20/h4,12-14,16H,5-6H2,1-3H3,(H2,18,24)/t12-,13-,14-,16-/m1/s1. The fraction of sp³-hybridized carbons (Fsp3) is 0.562. The van der Waals surface area contributed by atoms with Crippen LogP contribution < -0.4 is 5.73 Å². The maximum absolute atomic E-state index is 11.8. The van der Waals surface area contributed by atoms with Crippen LogP contribution in [-0.2, 0) is 39.2 Å². The van der Waals surface area contributed by atoms with E-state index in [1.54, 1.807) is 0 Å². The highest BCUT2D eigenvalue weighted by Crippen LogP contribution is 2.35. The molecule has 0 aromatic carbocycles. The highest BCUT2D eigenvalue weighted by atomic mass is 35.5. The van der Waals surface area contributed by atoms with Crippen LogP contribution in [-0.4, -0.2) is 58.5 Å². The Hall–Kier alpha value is -2.66. The van der Waals surface area contributed by atoms with Crippen LogP contribution in [0.5, 0.6) is 0 Å². The molecule has 1 aromatic heterocycles. The molecule has 1 aliphatic heterocycles. The second kappa shape index (κ2) is 9.02. The SMILES string of the molecule is CC(=O)OC[C@H]1O[C@@H](n2nc(CCl)cc2C(N)=O)[C@H](OC(C)=O)[C@@H]1OC(C)=O. The number of rotatable bonds is 7. The van der Waals surface area contributed by atoms with Gasteiger partial charge in [-0.3, -0.25) is 19.2 Å². The van der Waals surface area contributed by atoms with Crippen molar-refractivity contribution in [3.8, 4) is 0 Å². The van der Waals surface area contributed by atoms with Crippen LogP contribution in [0.1, 0.15) is 43.2 Å². The van der Waals surface area contributed by atoms with E-state index < -0.39 is 48.4 Å². The monoisotopic (exact) mass is 417 g/mol. The van der Waals surface area contributed by atoms with Crippen molar-refractivity contribution in [2.24, 2.45) is 5.73 Å². The molecule has 2 N–H and O–H groups in total. The van der Waals surface area contributed by atoms with Gasteiger partial charge in [-0.1, -0.05) is 0 Å². The van der Waals surface area contributed by atoms with Crippen LogP contribution in [0.15, 0.2) is 6.07 Å². The van der Waals surface area contributed by atoms with Crippen molar-refractivity contribution in [2.75, 3.05) is 6.61 Å². The van der Waals surface area contributed by atoms with Gasteiger partial charge in [0.1, 0.15) is 18.4 Å². The summed E-state index contributed by atoms with van der Waals surface area (Å²) in [6.07, 6.45) is -4.45. The first-order valence-corrected chi connectivity index (χ1v) is 8.75. The molecular weight excluding hydrogens is 398 g/mol. The molecule has 0 saturated carbocycles. The Balaban J connectivity index is 2.46. The van der Waals surface area contributed by atoms with Crippen LogP contribution >= 0.6 is 11.6 Å². The fourth-order valence-corrected chi connectivity index (χ4v) is 2.91. The van der Waals surface area contributed by atoms with Crippen molar-refractivity contribution >= 4 is 35.4 Å². The van der Waals surface area contributed by atoms with E-state index in [-0.39, 0.29) is 18.2 Å². The van der Waals surface area contributed by atoms with Crippen LogP contribution in [0.2, 0.25) is 0 Å². The molecule has 11 nitrogen and oxygen atoms in total. The lowest BCUT2D eigenvalue weighted by Crippen LogP contribution is -2.41. The normalized spacial score (nSPS) is 23.9. The summed E-state index contributed by atoms with van der Waals surface area (Å²) in [6, 6.07) is 1.36. The van der Waals surface area contributed by atoms with Crippen molar-refractivity contribution in [1.82, 2.24) is 9.78 Å². The topological polar surface area (TPSA) is 149 Å². The molecule has 0 spiro atoms. The third-order valence-corrected chi connectivity index (χ3v) is 4.03. The van der Waals surface area contributed by atoms with E-state index in [0.717, 1.165) is 18.5 Å². The Morgan fingerprint density at radius 1 is 1.14 bits per heavy atom. The van der Waals surface area contributed by atoms with E-state index >= 15 is 0 Å². The molecule has 0 unspecified atom stereocenters. The largest absolute Gasteiger partial charge is 0.463 e. The van der Waals surface area contributed by atoms with Crippen LogP contribution in [0.4, 0.5) is 0 Å². The van der Waals surface area contributed by atoms with E-state index in [0.29, 0.717) is 5.69 Å². The lowest BCUT2D eigenvalue weighted by atomic mass is 10.1. The van der Waals surface area contributed by atoms with Crippen LogP contribution in [0.3, 0.4) is 0 Å². The molecule has 2 rings (SSSR count).